The van der Waals surface area contributed by atoms with Crippen LogP contribution in [0.15, 0.2) is 47.4 Å². The molecule has 41 heavy (non-hydrogen) atoms. The molecule has 1 saturated carbocycles. The number of alkyl halides is 2. The topological polar surface area (TPSA) is 16.2 Å². The number of hydrogen-bond donors (Lipinski definition) is 0. The highest BCUT2D eigenvalue weighted by atomic mass is 35.5. The Kier molecular flexibility index (Phi) is 11.2. The number of hydrogen-bond acceptors (Lipinski definition) is 7. The Bertz CT molecular complexity index is 1110. The maximum absolute atomic E-state index is 13.6. The highest BCUT2D eigenvalue weighted by Gasteiger charge is 2.45. The Morgan fingerprint density at radius 1 is 0.829 bits per heavy atom. The quantitative estimate of drug-likeness (QED) is 0.300. The van der Waals surface area contributed by atoms with Crippen LogP contribution in [0.4, 0.5) is 14.5 Å². The zero-order valence-electron chi connectivity index (χ0n) is 24.4. The number of nitrogens with zero attached hydrogens (tertiary/aromatic N) is 5. The molecule has 0 radical (unpaired) electrons. The average molecular weight is 624 g/mol. The molecule has 2 fully saturated rings. The molecule has 2 heterocycles. The first-order valence-electron chi connectivity index (χ1n) is 15.0. The molecule has 3 aliphatic rings. The van der Waals surface area contributed by atoms with Gasteiger partial charge in [0.05, 0.1) is 0 Å². The van der Waals surface area contributed by atoms with Crippen molar-refractivity contribution in [2.24, 2.45) is 5.92 Å². The van der Waals surface area contributed by atoms with Gasteiger partial charge in [0.25, 0.3) is 0 Å². The summed E-state index contributed by atoms with van der Waals surface area (Å²) in [6, 6.07) is 15.1. The van der Waals surface area contributed by atoms with E-state index in [-0.39, 0.29) is 18.8 Å². The lowest BCUT2D eigenvalue weighted by atomic mass is 9.81. The molecule has 2 aromatic rings. The molecular weight excluding hydrogens is 580 g/mol. The molecule has 5 nitrogen and oxygen atoms in total. The molecule has 0 unspecified atom stereocenters. The van der Waals surface area contributed by atoms with E-state index in [0.29, 0.717) is 0 Å². The summed E-state index contributed by atoms with van der Waals surface area (Å²) in [6.45, 7) is 8.74. The Morgan fingerprint density at radius 3 is 2.15 bits per heavy atom. The molecule has 2 aromatic carbocycles. The molecule has 0 atom stereocenters. The van der Waals surface area contributed by atoms with Gasteiger partial charge in [-0.25, -0.2) is 21.7 Å². The van der Waals surface area contributed by atoms with Gasteiger partial charge in [-0.3, -0.25) is 0 Å². The lowest BCUT2D eigenvalue weighted by Crippen LogP contribution is -2.44. The highest BCUT2D eigenvalue weighted by molar-refractivity contribution is 7.97. The fourth-order valence-electron chi connectivity index (χ4n) is 6.02. The monoisotopic (exact) mass is 623 g/mol. The lowest BCUT2D eigenvalue weighted by Gasteiger charge is -2.39. The van der Waals surface area contributed by atoms with Crippen LogP contribution in [0.3, 0.4) is 0 Å². The molecule has 0 N–H and O–H groups in total. The molecule has 5 rings (SSSR count). The summed E-state index contributed by atoms with van der Waals surface area (Å²) in [5, 5.41) is 0.819. The van der Waals surface area contributed by atoms with E-state index in [0.717, 1.165) is 89.6 Å². The number of halogens is 3. The summed E-state index contributed by atoms with van der Waals surface area (Å²) in [7, 11) is 4.13. The van der Waals surface area contributed by atoms with E-state index in [1.807, 2.05) is 30.1 Å². The maximum atomic E-state index is 13.6. The van der Waals surface area contributed by atoms with E-state index >= 15 is 0 Å². The van der Waals surface area contributed by atoms with Crippen LogP contribution in [0.2, 0.25) is 5.02 Å². The minimum absolute atomic E-state index is 0.0536. The largest absolute Gasteiger partial charge is 0.378 e. The minimum atomic E-state index is -2.45. The first kappa shape index (κ1) is 31.4. The van der Waals surface area contributed by atoms with E-state index < -0.39 is 5.92 Å². The second-order valence-corrected chi connectivity index (χ2v) is 14.7. The van der Waals surface area contributed by atoms with Gasteiger partial charge in [-0.15, -0.1) is 0 Å². The molecular formula is C31H44ClF2N5S2. The van der Waals surface area contributed by atoms with Crippen molar-refractivity contribution >= 4 is 41.4 Å². The van der Waals surface area contributed by atoms with E-state index in [4.69, 9.17) is 11.6 Å². The predicted molar refractivity (Wildman–Crippen MR) is 171 cm³/mol. The van der Waals surface area contributed by atoms with Crippen LogP contribution < -0.4 is 4.90 Å². The van der Waals surface area contributed by atoms with Gasteiger partial charge in [-0.2, -0.15) is 0 Å². The van der Waals surface area contributed by atoms with Crippen molar-refractivity contribution in [2.45, 2.75) is 55.9 Å². The Labute approximate surface area is 258 Å². The van der Waals surface area contributed by atoms with Crippen molar-refractivity contribution in [3.05, 3.63) is 58.6 Å². The molecule has 2 aliphatic heterocycles. The number of rotatable bonds is 7. The summed E-state index contributed by atoms with van der Waals surface area (Å²) in [5.74, 6) is -2.32. The summed E-state index contributed by atoms with van der Waals surface area (Å²) < 4.78 is 34.7. The van der Waals surface area contributed by atoms with Gasteiger partial charge in [-0.05, 0) is 104 Å². The molecule has 0 bridgehead atoms. The number of benzene rings is 2. The molecule has 0 spiro atoms. The Balaban J connectivity index is 1.21. The third kappa shape index (κ3) is 9.46. The summed E-state index contributed by atoms with van der Waals surface area (Å²) in [4.78, 5) is 5.84. The first-order chi connectivity index (χ1) is 19.7. The molecule has 0 aromatic heterocycles. The normalized spacial score (nSPS) is 22.4. The second kappa shape index (κ2) is 14.6. The van der Waals surface area contributed by atoms with Crippen LogP contribution in [0.1, 0.15) is 43.2 Å². The van der Waals surface area contributed by atoms with Crippen molar-refractivity contribution in [1.29, 1.82) is 0 Å². The molecule has 10 heteroatoms. The number of fused-ring (bicyclic) bond motifs is 1. The van der Waals surface area contributed by atoms with Gasteiger partial charge < -0.3 is 9.80 Å². The fraction of sp³-hybridized carbons (Fsp3) is 0.613. The van der Waals surface area contributed by atoms with E-state index in [9.17, 15) is 8.78 Å². The van der Waals surface area contributed by atoms with Crippen LogP contribution in [-0.2, 0) is 13.0 Å². The fourth-order valence-corrected chi connectivity index (χ4v) is 8.33. The Hall–Kier alpha value is -1.07. The number of anilines is 1. The third-order valence-corrected chi connectivity index (χ3v) is 10.7. The molecule has 226 valence electrons. The van der Waals surface area contributed by atoms with Gasteiger partial charge in [0.1, 0.15) is 0 Å². The van der Waals surface area contributed by atoms with E-state index in [2.05, 4.69) is 73.2 Å². The van der Waals surface area contributed by atoms with Crippen LogP contribution >= 0.6 is 35.7 Å². The van der Waals surface area contributed by atoms with Gasteiger partial charge in [-0.1, -0.05) is 17.7 Å². The van der Waals surface area contributed by atoms with Gasteiger partial charge in [0.15, 0.2) is 0 Å². The third-order valence-electron chi connectivity index (χ3n) is 8.23. The van der Waals surface area contributed by atoms with Crippen molar-refractivity contribution < 1.29 is 8.78 Å². The highest BCUT2D eigenvalue weighted by Crippen LogP contribution is 2.42. The lowest BCUT2D eigenvalue weighted by molar-refractivity contribution is -0.116. The van der Waals surface area contributed by atoms with E-state index in [1.54, 1.807) is 0 Å². The zero-order valence-corrected chi connectivity index (χ0v) is 26.8. The summed E-state index contributed by atoms with van der Waals surface area (Å²) >= 11 is 9.97. The molecule has 1 saturated heterocycles. The zero-order chi connectivity index (χ0) is 28.8. The van der Waals surface area contributed by atoms with Crippen LogP contribution in [-0.4, -0.2) is 90.2 Å². The van der Waals surface area contributed by atoms with Gasteiger partial charge >= 0.3 is 0 Å². The van der Waals surface area contributed by atoms with Crippen LogP contribution in [0, 0.1) is 5.92 Å². The summed E-state index contributed by atoms with van der Waals surface area (Å²) in [5.41, 5.74) is 3.94. The van der Waals surface area contributed by atoms with Crippen LogP contribution in [0.5, 0.6) is 0 Å². The van der Waals surface area contributed by atoms with Crippen molar-refractivity contribution in [2.75, 3.05) is 71.4 Å². The second-order valence-electron chi connectivity index (χ2n) is 11.9. The van der Waals surface area contributed by atoms with Crippen molar-refractivity contribution in [3.63, 3.8) is 0 Å². The SMILES string of the molecule is CN(C)c1ccc(SN2CCCN(CC3CC(F)(F)C3)CCCN(SN3CCc4cc(Cl)ccc4C3)CCC2)cc1. The van der Waals surface area contributed by atoms with Gasteiger partial charge in [0, 0.05) is 100 Å². The molecule has 1 aliphatic carbocycles. The summed E-state index contributed by atoms with van der Waals surface area (Å²) in [6.07, 6.45) is 4.36. The smallest absolute Gasteiger partial charge is 0.248 e. The first-order valence-corrected chi connectivity index (χ1v) is 16.9. The Morgan fingerprint density at radius 2 is 1.49 bits per heavy atom. The standard InChI is InChI=1S/C31H44ClF2N5S2/c1-35(2)29-8-10-30(11-9-29)40-37-15-3-13-36(23-25-21-31(33,34)22-25)14-4-17-38(18-5-16-37)41-39-19-12-26-20-28(32)7-6-27(26)24-39/h6-11,20,25H,3-5,12-19,21-24H2,1-2H3. The van der Waals surface area contributed by atoms with Crippen molar-refractivity contribution in [1.82, 2.24) is 17.8 Å². The maximum Gasteiger partial charge on any atom is 0.248 e. The minimum Gasteiger partial charge on any atom is -0.378 e. The predicted octanol–water partition coefficient (Wildman–Crippen LogP) is 7.17. The van der Waals surface area contributed by atoms with E-state index in [1.165, 1.54) is 21.7 Å². The van der Waals surface area contributed by atoms with Crippen LogP contribution in [0.25, 0.3) is 0 Å². The molecule has 0 amide bonds. The van der Waals surface area contributed by atoms with Crippen molar-refractivity contribution in [3.8, 4) is 0 Å². The average Bonchev–Trinajstić information content (AvgIpc) is 2.91. The van der Waals surface area contributed by atoms with Gasteiger partial charge in [0.2, 0.25) is 5.92 Å².